The summed E-state index contributed by atoms with van der Waals surface area (Å²) in [5.74, 6) is 2.27. The van der Waals surface area contributed by atoms with Crippen LogP contribution in [-0.2, 0) is 6.54 Å². The predicted molar refractivity (Wildman–Crippen MR) is 132 cm³/mol. The summed E-state index contributed by atoms with van der Waals surface area (Å²) in [6.45, 7) is 4.89. The summed E-state index contributed by atoms with van der Waals surface area (Å²) in [7, 11) is 1.63. The van der Waals surface area contributed by atoms with Crippen molar-refractivity contribution >= 4 is 11.0 Å². The van der Waals surface area contributed by atoms with E-state index in [4.69, 9.17) is 13.9 Å². The van der Waals surface area contributed by atoms with E-state index in [0.29, 0.717) is 35.2 Å². The molecule has 0 amide bonds. The minimum Gasteiger partial charge on any atom is -0.497 e. The lowest BCUT2D eigenvalue weighted by Gasteiger charge is -2.46. The number of hydrogen-bond donors (Lipinski definition) is 0. The van der Waals surface area contributed by atoms with Gasteiger partial charge in [0.05, 0.1) is 23.6 Å². The monoisotopic (exact) mass is 460 g/mol. The fourth-order valence-electron chi connectivity index (χ4n) is 6.16. The van der Waals surface area contributed by atoms with Crippen LogP contribution in [0.25, 0.3) is 22.1 Å². The first-order valence-electron chi connectivity index (χ1n) is 12.5. The highest BCUT2D eigenvalue weighted by atomic mass is 16.5. The van der Waals surface area contributed by atoms with Gasteiger partial charge in [-0.25, -0.2) is 0 Å². The molecule has 2 saturated heterocycles. The maximum atomic E-state index is 13.4. The molecular formula is C28H32N2O4. The van der Waals surface area contributed by atoms with E-state index in [1.807, 2.05) is 36.4 Å². The quantitative estimate of drug-likeness (QED) is 0.553. The van der Waals surface area contributed by atoms with Crippen LogP contribution in [0.5, 0.6) is 11.5 Å². The molecule has 0 spiro atoms. The Hall–Kier alpha value is -2.83. The van der Waals surface area contributed by atoms with E-state index in [1.54, 1.807) is 13.4 Å². The standard InChI is InChI=1S/C28H32N2O4/c1-32-21-9-7-19(8-10-21)24-17-33-28-22(27(24)31)11-12-26-23(28)16-29(18-34-26)15-20-5-4-14-30-13-3-2-6-25(20)30/h7-12,17,20,25H,2-6,13-16,18H2,1H3/t20-,25-/m0/s1. The molecule has 0 saturated carbocycles. The van der Waals surface area contributed by atoms with Gasteiger partial charge in [-0.15, -0.1) is 0 Å². The van der Waals surface area contributed by atoms with Crippen LogP contribution in [0.15, 0.2) is 51.9 Å². The van der Waals surface area contributed by atoms with E-state index in [-0.39, 0.29) is 5.43 Å². The molecule has 6 nitrogen and oxygen atoms in total. The zero-order chi connectivity index (χ0) is 23.1. The zero-order valence-electron chi connectivity index (χ0n) is 19.8. The molecule has 6 heteroatoms. The Morgan fingerprint density at radius 3 is 2.74 bits per heavy atom. The third-order valence-corrected chi connectivity index (χ3v) is 7.91. The minimum atomic E-state index is -0.0172. The second kappa shape index (κ2) is 9.08. The van der Waals surface area contributed by atoms with Gasteiger partial charge >= 0.3 is 0 Å². The van der Waals surface area contributed by atoms with Gasteiger partial charge < -0.3 is 18.8 Å². The molecular weight excluding hydrogens is 428 g/mol. The van der Waals surface area contributed by atoms with Crippen LogP contribution < -0.4 is 14.9 Å². The van der Waals surface area contributed by atoms with Crippen molar-refractivity contribution in [3.05, 3.63) is 58.4 Å². The lowest BCUT2D eigenvalue weighted by Crippen LogP contribution is -2.51. The summed E-state index contributed by atoms with van der Waals surface area (Å²) in [6.07, 6.45) is 8.18. The second-order valence-electron chi connectivity index (χ2n) is 9.91. The largest absolute Gasteiger partial charge is 0.497 e. The van der Waals surface area contributed by atoms with Gasteiger partial charge in [-0.3, -0.25) is 9.69 Å². The summed E-state index contributed by atoms with van der Waals surface area (Å²) < 4.78 is 17.5. The van der Waals surface area contributed by atoms with Crippen LogP contribution in [0.1, 0.15) is 37.7 Å². The van der Waals surface area contributed by atoms with Crippen LogP contribution in [0.4, 0.5) is 0 Å². The first-order valence-corrected chi connectivity index (χ1v) is 12.5. The van der Waals surface area contributed by atoms with Crippen molar-refractivity contribution in [3.63, 3.8) is 0 Å². The highest BCUT2D eigenvalue weighted by Gasteiger charge is 2.35. The number of nitrogens with zero attached hydrogens (tertiary/aromatic N) is 2. The maximum Gasteiger partial charge on any atom is 0.200 e. The molecule has 2 aromatic carbocycles. The Kier molecular flexibility index (Phi) is 5.79. The molecule has 0 unspecified atom stereocenters. The molecule has 178 valence electrons. The molecule has 2 fully saturated rings. The number of ether oxygens (including phenoxy) is 2. The van der Waals surface area contributed by atoms with Crippen LogP contribution in [0.3, 0.4) is 0 Å². The van der Waals surface area contributed by atoms with E-state index in [9.17, 15) is 4.79 Å². The highest BCUT2D eigenvalue weighted by molar-refractivity contribution is 5.85. The van der Waals surface area contributed by atoms with E-state index in [2.05, 4.69) is 9.80 Å². The number of piperidine rings is 2. The van der Waals surface area contributed by atoms with Gasteiger partial charge in [-0.2, -0.15) is 0 Å². The van der Waals surface area contributed by atoms with Crippen LogP contribution in [0, 0.1) is 5.92 Å². The molecule has 0 radical (unpaired) electrons. The summed E-state index contributed by atoms with van der Waals surface area (Å²) in [6, 6.07) is 12.0. The molecule has 3 aliphatic heterocycles. The molecule has 2 atom stereocenters. The van der Waals surface area contributed by atoms with Gasteiger partial charge in [0.2, 0.25) is 5.43 Å². The molecule has 0 aliphatic carbocycles. The van der Waals surface area contributed by atoms with E-state index in [1.165, 1.54) is 45.2 Å². The highest BCUT2D eigenvalue weighted by Crippen LogP contribution is 2.35. The zero-order valence-corrected chi connectivity index (χ0v) is 19.8. The Bertz CT molecular complexity index is 1230. The van der Waals surface area contributed by atoms with E-state index < -0.39 is 0 Å². The minimum absolute atomic E-state index is 0.0172. The van der Waals surface area contributed by atoms with Crippen molar-refractivity contribution < 1.29 is 13.9 Å². The van der Waals surface area contributed by atoms with Crippen LogP contribution in [0.2, 0.25) is 0 Å². The van der Waals surface area contributed by atoms with Gasteiger partial charge in [0.15, 0.2) is 0 Å². The number of methoxy groups -OCH3 is 1. The number of rotatable bonds is 4. The van der Waals surface area contributed by atoms with Gasteiger partial charge in [-0.05, 0) is 74.5 Å². The van der Waals surface area contributed by atoms with Crippen LogP contribution in [-0.4, -0.2) is 49.3 Å². The third-order valence-electron chi connectivity index (χ3n) is 7.91. The molecule has 4 heterocycles. The Morgan fingerprint density at radius 2 is 1.88 bits per heavy atom. The van der Waals surface area contributed by atoms with Crippen molar-refractivity contribution in [3.8, 4) is 22.6 Å². The summed E-state index contributed by atoms with van der Waals surface area (Å²) in [4.78, 5) is 18.5. The fourth-order valence-corrected chi connectivity index (χ4v) is 6.16. The third kappa shape index (κ3) is 3.89. The molecule has 34 heavy (non-hydrogen) atoms. The fraction of sp³-hybridized carbons (Fsp3) is 0.464. The SMILES string of the molecule is COc1ccc(-c2coc3c4c(ccc3c2=O)OCN(C[C@@H]2CCCN3CCCC[C@@H]23)C4)cc1. The van der Waals surface area contributed by atoms with Gasteiger partial charge in [-0.1, -0.05) is 18.6 Å². The second-order valence-corrected chi connectivity index (χ2v) is 9.91. The summed E-state index contributed by atoms with van der Waals surface area (Å²) in [5.41, 5.74) is 2.99. The predicted octanol–water partition coefficient (Wildman–Crippen LogP) is 4.89. The lowest BCUT2D eigenvalue weighted by molar-refractivity contribution is 0.0146. The average molecular weight is 461 g/mol. The average Bonchev–Trinajstić information content (AvgIpc) is 2.89. The van der Waals surface area contributed by atoms with Crippen molar-refractivity contribution in [1.82, 2.24) is 9.80 Å². The Balaban J connectivity index is 1.27. The topological polar surface area (TPSA) is 55.2 Å². The summed E-state index contributed by atoms with van der Waals surface area (Å²) in [5, 5.41) is 0.605. The van der Waals surface area contributed by atoms with E-state index >= 15 is 0 Å². The number of benzene rings is 2. The first kappa shape index (κ1) is 21.7. The molecule has 3 aliphatic rings. The van der Waals surface area contributed by atoms with Gasteiger partial charge in [0.25, 0.3) is 0 Å². The molecule has 6 rings (SSSR count). The lowest BCUT2D eigenvalue weighted by atomic mass is 9.83. The Labute approximate surface area is 200 Å². The van der Waals surface area contributed by atoms with Crippen LogP contribution >= 0.6 is 0 Å². The van der Waals surface area contributed by atoms with Crippen molar-refractivity contribution in [2.24, 2.45) is 5.92 Å². The molecule has 1 aromatic heterocycles. The Morgan fingerprint density at radius 1 is 1.03 bits per heavy atom. The van der Waals surface area contributed by atoms with Gasteiger partial charge in [0, 0.05) is 19.1 Å². The van der Waals surface area contributed by atoms with E-state index in [0.717, 1.165) is 35.7 Å². The number of hydrogen-bond acceptors (Lipinski definition) is 6. The van der Waals surface area contributed by atoms with Gasteiger partial charge in [0.1, 0.15) is 30.1 Å². The van der Waals surface area contributed by atoms with Crippen molar-refractivity contribution in [2.75, 3.05) is 33.5 Å². The molecule has 0 bridgehead atoms. The maximum absolute atomic E-state index is 13.4. The summed E-state index contributed by atoms with van der Waals surface area (Å²) >= 11 is 0. The number of fused-ring (bicyclic) bond motifs is 4. The first-order chi connectivity index (χ1) is 16.7. The normalized spacial score (nSPS) is 23.2. The molecule has 0 N–H and O–H groups in total. The smallest absolute Gasteiger partial charge is 0.200 e. The van der Waals surface area contributed by atoms with Crippen molar-refractivity contribution in [2.45, 2.75) is 44.7 Å². The van der Waals surface area contributed by atoms with Crippen molar-refractivity contribution in [1.29, 1.82) is 0 Å². The molecule has 3 aromatic rings.